The standard InChI is InChI=1S/C20H26N2O4S/c1-5-26-19-9-7-6-8-17(19)14-21-20(23)16(3)22(27(4,24)25)18-12-10-15(2)11-13-18/h6-13,16H,5,14H2,1-4H3,(H,21,23)/t16-/m1/s1. The van der Waals surface area contributed by atoms with Gasteiger partial charge in [0.1, 0.15) is 11.8 Å². The van der Waals surface area contributed by atoms with Crippen molar-refractivity contribution in [1.82, 2.24) is 5.32 Å². The molecule has 2 aromatic rings. The van der Waals surface area contributed by atoms with Crippen LogP contribution in [-0.2, 0) is 21.4 Å². The molecule has 1 atom stereocenters. The van der Waals surface area contributed by atoms with Gasteiger partial charge in [0.05, 0.1) is 18.6 Å². The third kappa shape index (κ3) is 5.47. The van der Waals surface area contributed by atoms with Crippen LogP contribution in [0.5, 0.6) is 5.75 Å². The van der Waals surface area contributed by atoms with Crippen LogP contribution in [-0.4, -0.2) is 33.2 Å². The second-order valence-electron chi connectivity index (χ2n) is 6.33. The third-order valence-electron chi connectivity index (χ3n) is 4.10. The lowest BCUT2D eigenvalue weighted by molar-refractivity contribution is -0.122. The molecule has 7 heteroatoms. The Hall–Kier alpha value is -2.54. The van der Waals surface area contributed by atoms with Crippen molar-refractivity contribution >= 4 is 21.6 Å². The van der Waals surface area contributed by atoms with Gasteiger partial charge in [0.2, 0.25) is 15.9 Å². The summed E-state index contributed by atoms with van der Waals surface area (Å²) in [6, 6.07) is 13.6. The van der Waals surface area contributed by atoms with Gasteiger partial charge in [-0.2, -0.15) is 0 Å². The maximum absolute atomic E-state index is 12.7. The quantitative estimate of drug-likeness (QED) is 0.752. The lowest BCUT2D eigenvalue weighted by Gasteiger charge is -2.28. The van der Waals surface area contributed by atoms with Gasteiger partial charge < -0.3 is 10.1 Å². The summed E-state index contributed by atoms with van der Waals surface area (Å²) in [5, 5.41) is 2.81. The van der Waals surface area contributed by atoms with Crippen molar-refractivity contribution in [1.29, 1.82) is 0 Å². The highest BCUT2D eigenvalue weighted by atomic mass is 32.2. The fraction of sp³-hybridized carbons (Fsp3) is 0.350. The van der Waals surface area contributed by atoms with Gasteiger partial charge in [-0.15, -0.1) is 0 Å². The first kappa shape index (κ1) is 20.8. The fourth-order valence-electron chi connectivity index (χ4n) is 2.78. The number of ether oxygens (including phenoxy) is 1. The second-order valence-corrected chi connectivity index (χ2v) is 8.19. The van der Waals surface area contributed by atoms with Gasteiger partial charge in [0.15, 0.2) is 0 Å². The highest BCUT2D eigenvalue weighted by Crippen LogP contribution is 2.22. The Morgan fingerprint density at radius 3 is 2.37 bits per heavy atom. The molecule has 0 saturated carbocycles. The molecule has 1 N–H and O–H groups in total. The molecule has 6 nitrogen and oxygen atoms in total. The first-order valence-corrected chi connectivity index (χ1v) is 10.6. The molecule has 2 aromatic carbocycles. The molecule has 0 unspecified atom stereocenters. The lowest BCUT2D eigenvalue weighted by Crippen LogP contribution is -2.47. The maximum atomic E-state index is 12.7. The molecule has 0 aliphatic carbocycles. The van der Waals surface area contributed by atoms with E-state index in [1.165, 1.54) is 0 Å². The Morgan fingerprint density at radius 2 is 1.78 bits per heavy atom. The zero-order chi connectivity index (χ0) is 20.0. The molecule has 0 saturated heterocycles. The second kappa shape index (κ2) is 8.90. The summed E-state index contributed by atoms with van der Waals surface area (Å²) < 4.78 is 31.3. The van der Waals surface area contributed by atoms with Gasteiger partial charge in [0, 0.05) is 12.1 Å². The van der Waals surface area contributed by atoms with Crippen LogP contribution in [0.2, 0.25) is 0 Å². The summed E-state index contributed by atoms with van der Waals surface area (Å²) in [6.45, 7) is 6.16. The normalized spacial score (nSPS) is 12.3. The summed E-state index contributed by atoms with van der Waals surface area (Å²) in [5.41, 5.74) is 2.30. The molecule has 2 rings (SSSR count). The highest BCUT2D eigenvalue weighted by Gasteiger charge is 2.29. The summed E-state index contributed by atoms with van der Waals surface area (Å²) in [7, 11) is -3.63. The number of aryl methyl sites for hydroxylation is 1. The molecule has 0 aromatic heterocycles. The van der Waals surface area contributed by atoms with E-state index in [1.807, 2.05) is 50.2 Å². The van der Waals surface area contributed by atoms with Gasteiger partial charge in [0.25, 0.3) is 0 Å². The minimum absolute atomic E-state index is 0.255. The molecule has 0 radical (unpaired) electrons. The Labute approximate surface area is 161 Å². The SMILES string of the molecule is CCOc1ccccc1CNC(=O)[C@@H](C)N(c1ccc(C)cc1)S(C)(=O)=O. The molecule has 0 spiro atoms. The summed E-state index contributed by atoms with van der Waals surface area (Å²) in [6.07, 6.45) is 1.10. The molecule has 27 heavy (non-hydrogen) atoms. The van der Waals surface area contributed by atoms with Crippen molar-refractivity contribution in [3.05, 3.63) is 59.7 Å². The smallest absolute Gasteiger partial charge is 0.243 e. The van der Waals surface area contributed by atoms with Gasteiger partial charge in [-0.25, -0.2) is 8.42 Å². The number of nitrogens with one attached hydrogen (secondary N) is 1. The van der Waals surface area contributed by atoms with Crippen LogP contribution in [0.4, 0.5) is 5.69 Å². The molecule has 1 amide bonds. The van der Waals surface area contributed by atoms with Crippen LogP contribution >= 0.6 is 0 Å². The van der Waals surface area contributed by atoms with E-state index in [-0.39, 0.29) is 12.5 Å². The molecule has 0 fully saturated rings. The number of carbonyl (C=O) groups excluding carboxylic acids is 1. The van der Waals surface area contributed by atoms with Crippen LogP contribution in [0.25, 0.3) is 0 Å². The van der Waals surface area contributed by atoms with Crippen LogP contribution < -0.4 is 14.4 Å². The van der Waals surface area contributed by atoms with Gasteiger partial charge in [-0.1, -0.05) is 35.9 Å². The predicted molar refractivity (Wildman–Crippen MR) is 107 cm³/mol. The number of hydrogen-bond donors (Lipinski definition) is 1. The summed E-state index contributed by atoms with van der Waals surface area (Å²) in [4.78, 5) is 12.7. The molecular weight excluding hydrogens is 364 g/mol. The number of sulfonamides is 1. The number of rotatable bonds is 8. The van der Waals surface area contributed by atoms with Crippen LogP contribution in [0.3, 0.4) is 0 Å². The van der Waals surface area contributed by atoms with Crippen LogP contribution in [0.1, 0.15) is 25.0 Å². The average Bonchev–Trinajstić information content (AvgIpc) is 2.61. The number of anilines is 1. The zero-order valence-corrected chi connectivity index (χ0v) is 16.9. The van der Waals surface area contributed by atoms with E-state index < -0.39 is 16.1 Å². The van der Waals surface area contributed by atoms with Gasteiger partial charge in [-0.05, 0) is 39.0 Å². The fourth-order valence-corrected chi connectivity index (χ4v) is 3.95. The van der Waals surface area contributed by atoms with Crippen LogP contribution in [0.15, 0.2) is 48.5 Å². The minimum Gasteiger partial charge on any atom is -0.494 e. The number of carbonyl (C=O) groups is 1. The zero-order valence-electron chi connectivity index (χ0n) is 16.1. The first-order valence-electron chi connectivity index (χ1n) is 8.78. The van der Waals surface area contributed by atoms with Crippen molar-refractivity contribution in [3.8, 4) is 5.75 Å². The molecule has 0 aliphatic rings. The number of benzene rings is 2. The largest absolute Gasteiger partial charge is 0.494 e. The predicted octanol–water partition coefficient (Wildman–Crippen LogP) is 2.86. The lowest BCUT2D eigenvalue weighted by atomic mass is 10.2. The van der Waals surface area contributed by atoms with E-state index >= 15 is 0 Å². The van der Waals surface area contributed by atoms with E-state index in [2.05, 4.69) is 5.32 Å². The Kier molecular flexibility index (Phi) is 6.85. The van der Waals surface area contributed by atoms with Crippen molar-refractivity contribution < 1.29 is 17.9 Å². The Morgan fingerprint density at radius 1 is 1.15 bits per heavy atom. The highest BCUT2D eigenvalue weighted by molar-refractivity contribution is 7.92. The molecular formula is C20H26N2O4S. The van der Waals surface area contributed by atoms with E-state index in [9.17, 15) is 13.2 Å². The van der Waals surface area contributed by atoms with Crippen molar-refractivity contribution in [2.75, 3.05) is 17.2 Å². The monoisotopic (exact) mass is 390 g/mol. The van der Waals surface area contributed by atoms with Gasteiger partial charge in [-0.3, -0.25) is 9.10 Å². The van der Waals surface area contributed by atoms with E-state index in [1.54, 1.807) is 19.1 Å². The Bertz CT molecular complexity index is 879. The van der Waals surface area contributed by atoms with E-state index in [0.717, 1.165) is 21.7 Å². The van der Waals surface area contributed by atoms with Crippen molar-refractivity contribution in [3.63, 3.8) is 0 Å². The van der Waals surface area contributed by atoms with Crippen LogP contribution in [0, 0.1) is 6.92 Å². The average molecular weight is 391 g/mol. The van der Waals surface area contributed by atoms with E-state index in [4.69, 9.17) is 4.74 Å². The van der Waals surface area contributed by atoms with E-state index in [0.29, 0.717) is 18.0 Å². The minimum atomic E-state index is -3.63. The third-order valence-corrected chi connectivity index (χ3v) is 5.34. The first-order chi connectivity index (χ1) is 12.7. The van der Waals surface area contributed by atoms with Crippen molar-refractivity contribution in [2.24, 2.45) is 0 Å². The number of para-hydroxylation sites is 1. The number of amides is 1. The number of hydrogen-bond acceptors (Lipinski definition) is 4. The summed E-state index contributed by atoms with van der Waals surface area (Å²) >= 11 is 0. The molecule has 0 heterocycles. The molecule has 146 valence electrons. The maximum Gasteiger partial charge on any atom is 0.243 e. The summed E-state index contributed by atoms with van der Waals surface area (Å²) in [5.74, 6) is 0.318. The Balaban J connectivity index is 2.17. The number of nitrogens with zero attached hydrogens (tertiary/aromatic N) is 1. The van der Waals surface area contributed by atoms with Crippen molar-refractivity contribution in [2.45, 2.75) is 33.4 Å². The topological polar surface area (TPSA) is 75.7 Å². The molecule has 0 aliphatic heterocycles. The van der Waals surface area contributed by atoms with Gasteiger partial charge >= 0.3 is 0 Å². The molecule has 0 bridgehead atoms.